The van der Waals surface area contributed by atoms with Crippen molar-refractivity contribution in [2.45, 2.75) is 18.1 Å². The van der Waals surface area contributed by atoms with Crippen LogP contribution in [0.5, 0.6) is 0 Å². The van der Waals surface area contributed by atoms with Gasteiger partial charge in [0.1, 0.15) is 0 Å². The molecule has 0 aliphatic heterocycles. The summed E-state index contributed by atoms with van der Waals surface area (Å²) in [5.41, 5.74) is 3.03. The fraction of sp³-hybridized carbons (Fsp3) is 0.231. The van der Waals surface area contributed by atoms with Gasteiger partial charge in [0.25, 0.3) is 0 Å². The van der Waals surface area contributed by atoms with Crippen LogP contribution in [0.1, 0.15) is 16.7 Å². The second-order valence-corrected chi connectivity index (χ2v) is 7.71. The molecular weight excluding hydrogens is 332 g/mol. The first-order chi connectivity index (χ1) is 8.67. The van der Waals surface area contributed by atoms with E-state index in [9.17, 15) is 4.21 Å². The molecule has 96 valence electrons. The van der Waals surface area contributed by atoms with Crippen molar-refractivity contribution in [3.8, 4) is 0 Å². The van der Waals surface area contributed by atoms with Gasteiger partial charge in [0, 0.05) is 22.3 Å². The van der Waals surface area contributed by atoms with Gasteiger partial charge in [0.05, 0.1) is 10.4 Å². The van der Waals surface area contributed by atoms with Gasteiger partial charge in [-0.1, -0.05) is 24.3 Å². The quantitative estimate of drug-likeness (QED) is 0.901. The van der Waals surface area contributed by atoms with Crippen LogP contribution in [0.25, 0.3) is 0 Å². The predicted octanol–water partition coefficient (Wildman–Crippen LogP) is 3.45. The number of aliphatic hydroxyl groups excluding tert-OH is 1. The second kappa shape index (κ2) is 6.61. The van der Waals surface area contributed by atoms with Crippen LogP contribution in [0.15, 0.2) is 39.5 Å². The smallest absolute Gasteiger partial charge is 0.0701 e. The van der Waals surface area contributed by atoms with Gasteiger partial charge < -0.3 is 5.11 Å². The monoisotopic (exact) mass is 344 g/mol. The molecule has 0 saturated carbocycles. The molecule has 0 spiro atoms. The van der Waals surface area contributed by atoms with E-state index in [4.69, 9.17) is 5.11 Å². The summed E-state index contributed by atoms with van der Waals surface area (Å²) in [7, 11) is -0.894. The average Bonchev–Trinajstić information content (AvgIpc) is 2.75. The third-order valence-electron chi connectivity index (χ3n) is 2.48. The number of benzene rings is 1. The van der Waals surface area contributed by atoms with Crippen LogP contribution in [0.4, 0.5) is 0 Å². The molecule has 5 heteroatoms. The maximum atomic E-state index is 12.0. The molecule has 2 rings (SSSR count). The van der Waals surface area contributed by atoms with Crippen molar-refractivity contribution in [1.29, 1.82) is 0 Å². The Morgan fingerprint density at radius 1 is 1.11 bits per heavy atom. The van der Waals surface area contributed by atoms with E-state index in [0.29, 0.717) is 11.5 Å². The van der Waals surface area contributed by atoms with Crippen LogP contribution in [-0.2, 0) is 28.9 Å². The van der Waals surface area contributed by atoms with Crippen LogP contribution in [0.3, 0.4) is 0 Å². The van der Waals surface area contributed by atoms with Gasteiger partial charge in [-0.25, -0.2) is 0 Å². The van der Waals surface area contributed by atoms with Crippen molar-refractivity contribution in [2.24, 2.45) is 0 Å². The fourth-order valence-electron chi connectivity index (χ4n) is 1.59. The first-order valence-electron chi connectivity index (χ1n) is 5.44. The molecule has 1 aromatic heterocycles. The van der Waals surface area contributed by atoms with E-state index in [-0.39, 0.29) is 6.61 Å². The molecular formula is C13H13BrO2S2. The number of rotatable bonds is 5. The van der Waals surface area contributed by atoms with E-state index in [1.807, 2.05) is 35.7 Å². The Hall–Kier alpha value is -0.490. The summed E-state index contributed by atoms with van der Waals surface area (Å²) in [4.78, 5) is 0. The summed E-state index contributed by atoms with van der Waals surface area (Å²) >= 11 is 5.01. The summed E-state index contributed by atoms with van der Waals surface area (Å²) in [6, 6.07) is 9.60. The van der Waals surface area contributed by atoms with Gasteiger partial charge in [-0.3, -0.25) is 4.21 Å². The second-order valence-electron chi connectivity index (χ2n) is 3.96. The maximum Gasteiger partial charge on any atom is 0.0701 e. The minimum absolute atomic E-state index is 0.0479. The highest BCUT2D eigenvalue weighted by Crippen LogP contribution is 2.22. The topological polar surface area (TPSA) is 37.3 Å². The molecule has 2 nitrogen and oxygen atoms in total. The van der Waals surface area contributed by atoms with Gasteiger partial charge in [-0.15, -0.1) is 11.3 Å². The summed E-state index contributed by atoms with van der Waals surface area (Å²) in [5, 5.41) is 11.0. The van der Waals surface area contributed by atoms with E-state index >= 15 is 0 Å². The van der Waals surface area contributed by atoms with Crippen molar-refractivity contribution in [1.82, 2.24) is 0 Å². The normalized spacial score (nSPS) is 12.6. The molecule has 1 aromatic carbocycles. The summed E-state index contributed by atoms with van der Waals surface area (Å²) in [5.74, 6) is 1.14. The van der Waals surface area contributed by atoms with E-state index in [0.717, 1.165) is 20.5 Å². The standard InChI is InChI=1S/C13H13BrO2S2/c14-13-5-12(7-17-13)9-18(16)8-11-3-1-10(6-15)2-4-11/h1-5,7,15H,6,8-9H2. The highest BCUT2D eigenvalue weighted by molar-refractivity contribution is 9.11. The Balaban J connectivity index is 1.94. The Labute approximate surface area is 121 Å². The summed E-state index contributed by atoms with van der Waals surface area (Å²) in [6.45, 7) is 0.0479. The zero-order chi connectivity index (χ0) is 13.0. The lowest BCUT2D eigenvalue weighted by Gasteiger charge is -2.02. The van der Waals surface area contributed by atoms with E-state index in [2.05, 4.69) is 15.9 Å². The Morgan fingerprint density at radius 3 is 2.28 bits per heavy atom. The minimum atomic E-state index is -0.894. The summed E-state index contributed by atoms with van der Waals surface area (Å²) < 4.78 is 13.1. The SMILES string of the molecule is O=S(Cc1ccc(CO)cc1)Cc1csc(Br)c1. The van der Waals surface area contributed by atoms with Gasteiger partial charge in [0.15, 0.2) is 0 Å². The number of aliphatic hydroxyl groups is 1. The van der Waals surface area contributed by atoms with E-state index < -0.39 is 10.8 Å². The lowest BCUT2D eigenvalue weighted by Crippen LogP contribution is -1.98. The zero-order valence-electron chi connectivity index (χ0n) is 9.64. The highest BCUT2D eigenvalue weighted by Gasteiger charge is 2.05. The van der Waals surface area contributed by atoms with Crippen LogP contribution in [-0.4, -0.2) is 9.32 Å². The predicted molar refractivity (Wildman–Crippen MR) is 79.9 cm³/mol. The van der Waals surface area contributed by atoms with E-state index in [1.165, 1.54) is 0 Å². The average molecular weight is 345 g/mol. The van der Waals surface area contributed by atoms with Gasteiger partial charge in [-0.05, 0) is 44.1 Å². The molecule has 0 bridgehead atoms. The molecule has 1 atom stereocenters. The lowest BCUT2D eigenvalue weighted by molar-refractivity contribution is 0.282. The van der Waals surface area contributed by atoms with Crippen LogP contribution in [0.2, 0.25) is 0 Å². The Bertz CT molecular complexity index is 534. The largest absolute Gasteiger partial charge is 0.392 e. The highest BCUT2D eigenvalue weighted by atomic mass is 79.9. The number of halogens is 1. The molecule has 0 aliphatic carbocycles. The molecule has 0 aliphatic rings. The zero-order valence-corrected chi connectivity index (χ0v) is 12.9. The lowest BCUT2D eigenvalue weighted by atomic mass is 10.2. The van der Waals surface area contributed by atoms with Gasteiger partial charge in [-0.2, -0.15) is 0 Å². The van der Waals surface area contributed by atoms with E-state index in [1.54, 1.807) is 11.3 Å². The van der Waals surface area contributed by atoms with Crippen molar-refractivity contribution in [3.63, 3.8) is 0 Å². The number of hydrogen-bond donors (Lipinski definition) is 1. The maximum absolute atomic E-state index is 12.0. The molecule has 1 N–H and O–H groups in total. The van der Waals surface area contributed by atoms with Crippen molar-refractivity contribution in [2.75, 3.05) is 0 Å². The minimum Gasteiger partial charge on any atom is -0.392 e. The third kappa shape index (κ3) is 4.02. The molecule has 0 saturated heterocycles. The van der Waals surface area contributed by atoms with Crippen LogP contribution < -0.4 is 0 Å². The number of thiophene rings is 1. The van der Waals surface area contributed by atoms with Crippen molar-refractivity contribution >= 4 is 38.1 Å². The number of hydrogen-bond acceptors (Lipinski definition) is 3. The molecule has 18 heavy (non-hydrogen) atoms. The van der Waals surface area contributed by atoms with Crippen molar-refractivity contribution in [3.05, 3.63) is 56.2 Å². The van der Waals surface area contributed by atoms with Gasteiger partial charge >= 0.3 is 0 Å². The van der Waals surface area contributed by atoms with Crippen molar-refractivity contribution < 1.29 is 9.32 Å². The molecule has 1 heterocycles. The Kier molecular flexibility index (Phi) is 5.12. The Morgan fingerprint density at radius 2 is 1.72 bits per heavy atom. The third-order valence-corrected chi connectivity index (χ3v) is 5.35. The molecule has 1 unspecified atom stereocenters. The molecule has 0 radical (unpaired) electrons. The molecule has 0 fully saturated rings. The van der Waals surface area contributed by atoms with Crippen LogP contribution in [0, 0.1) is 0 Å². The fourth-order valence-corrected chi connectivity index (χ4v) is 4.10. The summed E-state index contributed by atoms with van der Waals surface area (Å²) in [6.07, 6.45) is 0. The van der Waals surface area contributed by atoms with Gasteiger partial charge in [0.2, 0.25) is 0 Å². The first-order valence-corrected chi connectivity index (χ1v) is 8.60. The molecule has 2 aromatic rings. The first kappa shape index (κ1) is 13.9. The molecule has 0 amide bonds. The van der Waals surface area contributed by atoms with Crippen LogP contribution >= 0.6 is 27.3 Å².